The van der Waals surface area contributed by atoms with Gasteiger partial charge in [-0.15, -0.1) is 5.10 Å². The van der Waals surface area contributed by atoms with E-state index >= 15 is 0 Å². The molecule has 0 atom stereocenters. The average Bonchev–Trinajstić information content (AvgIpc) is 3.49. The van der Waals surface area contributed by atoms with Crippen molar-refractivity contribution in [2.45, 2.75) is 13.8 Å². The number of hydrogen-bond acceptors (Lipinski definition) is 11. The number of nitrogen functional groups attached to an aromatic ring is 1. The summed E-state index contributed by atoms with van der Waals surface area (Å²) in [4.78, 5) is 13.1. The largest absolute Gasteiger partial charge is 0.504 e. The first-order valence-electron chi connectivity index (χ1n) is 10.4. The van der Waals surface area contributed by atoms with Crippen LogP contribution in [-0.2, 0) is 0 Å². The molecule has 0 spiro atoms. The zero-order valence-corrected chi connectivity index (χ0v) is 19.1. The normalized spacial score (nSPS) is 11.3. The molecule has 2 heterocycles. The van der Waals surface area contributed by atoms with Gasteiger partial charge in [-0.1, -0.05) is 17.3 Å². The van der Waals surface area contributed by atoms with Crippen LogP contribution in [0.2, 0.25) is 0 Å². The molecule has 0 bridgehead atoms. The van der Waals surface area contributed by atoms with E-state index in [2.05, 4.69) is 35.8 Å². The molecule has 4 aromatic rings. The third-order valence-corrected chi connectivity index (χ3v) is 4.92. The molecule has 1 amide bonds. The first-order valence-corrected chi connectivity index (χ1v) is 10.4. The van der Waals surface area contributed by atoms with Crippen molar-refractivity contribution in [3.05, 3.63) is 53.7 Å². The van der Waals surface area contributed by atoms with E-state index in [1.807, 2.05) is 6.92 Å². The summed E-state index contributed by atoms with van der Waals surface area (Å²) in [7, 11) is 1.44. The fourth-order valence-corrected chi connectivity index (χ4v) is 3.23. The molecule has 35 heavy (non-hydrogen) atoms. The van der Waals surface area contributed by atoms with E-state index in [0.29, 0.717) is 29.2 Å². The number of nitrogens with zero attached hydrogens (tertiary/aromatic N) is 6. The molecule has 0 aliphatic carbocycles. The zero-order valence-electron chi connectivity index (χ0n) is 19.1. The smallest absolute Gasteiger partial charge is 0.294 e. The molecular formula is C22H22N8O5. The van der Waals surface area contributed by atoms with Gasteiger partial charge in [0.1, 0.15) is 11.4 Å². The lowest BCUT2D eigenvalue weighted by Gasteiger charge is -2.09. The molecule has 4 N–H and O–H groups in total. The molecule has 0 fully saturated rings. The van der Waals surface area contributed by atoms with E-state index in [9.17, 15) is 9.90 Å². The van der Waals surface area contributed by atoms with Gasteiger partial charge in [-0.05, 0) is 54.5 Å². The molecule has 0 saturated heterocycles. The number of hydrazone groups is 1. The second-order valence-electron chi connectivity index (χ2n) is 7.16. The maximum Gasteiger partial charge on any atom is 0.294 e. The number of rotatable bonds is 8. The van der Waals surface area contributed by atoms with Crippen molar-refractivity contribution >= 4 is 17.4 Å². The van der Waals surface area contributed by atoms with Gasteiger partial charge in [0.15, 0.2) is 17.2 Å². The molecule has 0 saturated carbocycles. The van der Waals surface area contributed by atoms with Crippen molar-refractivity contribution in [2.24, 2.45) is 5.10 Å². The number of phenolic OH excluding ortho intramolecular Hbond substituents is 1. The van der Waals surface area contributed by atoms with Crippen LogP contribution in [-0.4, -0.2) is 55.7 Å². The number of hydrogen-bond donors (Lipinski definition) is 3. The summed E-state index contributed by atoms with van der Waals surface area (Å²) in [6.07, 6.45) is 0. The lowest BCUT2D eigenvalue weighted by atomic mass is 10.1. The van der Waals surface area contributed by atoms with Gasteiger partial charge in [-0.3, -0.25) is 4.79 Å². The number of ether oxygens (including phenoxy) is 2. The maximum absolute atomic E-state index is 13.1. The number of nitrogens with one attached hydrogen (secondary N) is 1. The predicted molar refractivity (Wildman–Crippen MR) is 125 cm³/mol. The Morgan fingerprint density at radius 1 is 1.26 bits per heavy atom. The SMILES string of the molecule is CCOc1cccc(-c2c(C(=O)N/N=C(/C)c3ccc(O)c(OC)c3)nnn2-c2nonc2N)c1. The van der Waals surface area contributed by atoms with Crippen molar-refractivity contribution in [2.75, 3.05) is 19.5 Å². The standard InChI is InChI=1S/C22H22N8O5/c1-4-34-15-7-5-6-14(10-15)19-18(25-29-30(19)21-20(23)27-35-28-21)22(32)26-24-12(2)13-8-9-16(31)17(11-13)33-3/h5-11,31H,4H2,1-3H3,(H2,23,27)(H,26,32)/b24-12-. The molecule has 0 aliphatic heterocycles. The van der Waals surface area contributed by atoms with Crippen LogP contribution in [0.5, 0.6) is 17.2 Å². The second kappa shape index (κ2) is 9.91. The molecule has 2 aromatic heterocycles. The van der Waals surface area contributed by atoms with Crippen LogP contribution in [0.25, 0.3) is 17.1 Å². The number of nitrogens with two attached hydrogens (primary N) is 1. The van der Waals surface area contributed by atoms with E-state index in [4.69, 9.17) is 15.2 Å². The Morgan fingerprint density at radius 2 is 2.09 bits per heavy atom. The minimum Gasteiger partial charge on any atom is -0.504 e. The Balaban J connectivity index is 1.71. The zero-order chi connectivity index (χ0) is 24.9. The topological polar surface area (TPSA) is 176 Å². The predicted octanol–water partition coefficient (Wildman–Crippen LogP) is 2.17. The number of phenols is 1. The van der Waals surface area contributed by atoms with Gasteiger partial charge in [-0.25, -0.2) is 10.1 Å². The summed E-state index contributed by atoms with van der Waals surface area (Å²) in [6, 6.07) is 11.8. The quantitative estimate of drug-likeness (QED) is 0.251. The van der Waals surface area contributed by atoms with Crippen LogP contribution < -0.4 is 20.6 Å². The number of aromatic nitrogens is 5. The summed E-state index contributed by atoms with van der Waals surface area (Å²) in [5.41, 5.74) is 10.2. The Labute approximate surface area is 199 Å². The highest BCUT2D eigenvalue weighted by atomic mass is 16.6. The minimum atomic E-state index is -0.631. The summed E-state index contributed by atoms with van der Waals surface area (Å²) >= 11 is 0. The van der Waals surface area contributed by atoms with Gasteiger partial charge in [0.2, 0.25) is 11.6 Å². The Kier molecular flexibility index (Phi) is 6.57. The van der Waals surface area contributed by atoms with Gasteiger partial charge in [0.05, 0.1) is 19.4 Å². The summed E-state index contributed by atoms with van der Waals surface area (Å²) in [5, 5.41) is 29.3. The van der Waals surface area contributed by atoms with Crippen LogP contribution in [0.4, 0.5) is 5.82 Å². The van der Waals surface area contributed by atoms with E-state index in [0.717, 1.165) is 0 Å². The molecule has 13 nitrogen and oxygen atoms in total. The van der Waals surface area contributed by atoms with Crippen molar-refractivity contribution in [1.29, 1.82) is 0 Å². The monoisotopic (exact) mass is 478 g/mol. The van der Waals surface area contributed by atoms with Gasteiger partial charge >= 0.3 is 0 Å². The maximum atomic E-state index is 13.1. The van der Waals surface area contributed by atoms with Crippen molar-refractivity contribution in [3.63, 3.8) is 0 Å². The van der Waals surface area contributed by atoms with Crippen molar-refractivity contribution in [1.82, 2.24) is 30.7 Å². The van der Waals surface area contributed by atoms with Gasteiger partial charge in [0, 0.05) is 11.1 Å². The van der Waals surface area contributed by atoms with E-state index in [1.165, 1.54) is 17.9 Å². The molecular weight excluding hydrogens is 456 g/mol. The summed E-state index contributed by atoms with van der Waals surface area (Å²) in [5.74, 6) is 0.272. The highest BCUT2D eigenvalue weighted by Crippen LogP contribution is 2.29. The first kappa shape index (κ1) is 23.2. The second-order valence-corrected chi connectivity index (χ2v) is 7.16. The number of anilines is 1. The third kappa shape index (κ3) is 4.73. The fraction of sp³-hybridized carbons (Fsp3) is 0.182. The van der Waals surface area contributed by atoms with E-state index in [1.54, 1.807) is 43.3 Å². The van der Waals surface area contributed by atoms with Gasteiger partial charge < -0.3 is 20.3 Å². The number of amides is 1. The van der Waals surface area contributed by atoms with Gasteiger partial charge in [0.25, 0.3) is 5.91 Å². The Hall–Kier alpha value is -4.94. The molecule has 0 aliphatic rings. The lowest BCUT2D eigenvalue weighted by Crippen LogP contribution is -2.21. The fourth-order valence-electron chi connectivity index (χ4n) is 3.23. The number of aromatic hydroxyl groups is 1. The Bertz CT molecular complexity index is 1390. The Morgan fingerprint density at radius 3 is 2.80 bits per heavy atom. The highest BCUT2D eigenvalue weighted by Gasteiger charge is 2.25. The van der Waals surface area contributed by atoms with Crippen LogP contribution in [0.1, 0.15) is 29.9 Å². The number of methoxy groups -OCH3 is 1. The molecule has 2 aromatic carbocycles. The number of benzene rings is 2. The third-order valence-electron chi connectivity index (χ3n) is 4.92. The van der Waals surface area contributed by atoms with Crippen LogP contribution in [0, 0.1) is 0 Å². The lowest BCUT2D eigenvalue weighted by molar-refractivity contribution is 0.0950. The van der Waals surface area contributed by atoms with Gasteiger partial charge in [-0.2, -0.15) is 9.78 Å². The molecule has 4 rings (SSSR count). The number of carbonyl (C=O) groups is 1. The van der Waals surface area contributed by atoms with Crippen LogP contribution >= 0.6 is 0 Å². The van der Waals surface area contributed by atoms with E-state index in [-0.39, 0.29) is 34.5 Å². The van der Waals surface area contributed by atoms with Crippen LogP contribution in [0.3, 0.4) is 0 Å². The molecule has 0 radical (unpaired) electrons. The van der Waals surface area contributed by atoms with Crippen LogP contribution in [0.15, 0.2) is 52.2 Å². The van der Waals surface area contributed by atoms with Crippen molar-refractivity contribution < 1.29 is 24.0 Å². The summed E-state index contributed by atoms with van der Waals surface area (Å²) in [6.45, 7) is 4.02. The number of carbonyl (C=O) groups excluding carboxylic acids is 1. The molecule has 13 heteroatoms. The molecule has 0 unspecified atom stereocenters. The first-order chi connectivity index (χ1) is 16.9. The molecule has 180 valence electrons. The van der Waals surface area contributed by atoms with Crippen molar-refractivity contribution in [3.8, 4) is 34.3 Å². The average molecular weight is 478 g/mol. The summed E-state index contributed by atoms with van der Waals surface area (Å²) < 4.78 is 16.6. The minimum absolute atomic E-state index is 0.00903. The van der Waals surface area contributed by atoms with E-state index < -0.39 is 5.91 Å². The highest BCUT2D eigenvalue weighted by molar-refractivity contribution is 6.02.